The molecule has 0 aromatic heterocycles. The number of rotatable bonds is 22. The van der Waals surface area contributed by atoms with E-state index in [0.717, 1.165) is 25.7 Å². The minimum absolute atomic E-state index is 0.270. The lowest BCUT2D eigenvalue weighted by Crippen LogP contribution is -2.72. The monoisotopic (exact) mass is 500 g/mol. The lowest BCUT2D eigenvalue weighted by atomic mass is 9.76. The van der Waals surface area contributed by atoms with E-state index in [1.54, 1.807) is 0 Å². The Kier molecular flexibility index (Phi) is 16.1. The zero-order valence-corrected chi connectivity index (χ0v) is 21.6. The molecule has 0 aromatic rings. The van der Waals surface area contributed by atoms with Gasteiger partial charge in [-0.2, -0.15) is 0 Å². The molecule has 3 N–H and O–H groups in total. The highest BCUT2D eigenvalue weighted by atomic mass is 16.6. The lowest BCUT2D eigenvalue weighted by Gasteiger charge is -2.36. The van der Waals surface area contributed by atoms with Gasteiger partial charge in [-0.25, -0.2) is 9.59 Å². The van der Waals surface area contributed by atoms with E-state index in [1.807, 2.05) is 0 Å². The summed E-state index contributed by atoms with van der Waals surface area (Å²) < 4.78 is 4.73. The third-order valence-corrected chi connectivity index (χ3v) is 6.38. The fraction of sp³-hybridized carbons (Fsp3) is 0.808. The Balaban J connectivity index is 4.34. The van der Waals surface area contributed by atoms with Crippen LogP contribution in [0.5, 0.6) is 0 Å². The van der Waals surface area contributed by atoms with E-state index in [1.165, 1.54) is 57.8 Å². The van der Waals surface area contributed by atoms with Crippen LogP contribution in [-0.4, -0.2) is 56.0 Å². The van der Waals surface area contributed by atoms with E-state index in [4.69, 9.17) is 4.74 Å². The van der Waals surface area contributed by atoms with Crippen molar-refractivity contribution in [3.05, 3.63) is 0 Å². The maximum atomic E-state index is 12.2. The Labute approximate surface area is 208 Å². The van der Waals surface area contributed by atoms with Gasteiger partial charge in [0.15, 0.2) is 11.6 Å². The van der Waals surface area contributed by atoms with E-state index in [2.05, 4.69) is 6.92 Å². The summed E-state index contributed by atoms with van der Waals surface area (Å²) in [6.07, 6.45) is 16.5. The number of carboxylic acid groups (broad SMARTS) is 2. The number of aliphatic hydroxyl groups is 1. The van der Waals surface area contributed by atoms with E-state index in [0.29, 0.717) is 26.7 Å². The molecule has 0 radical (unpaired) electrons. The van der Waals surface area contributed by atoms with Crippen molar-refractivity contribution in [1.29, 1.82) is 0 Å². The van der Waals surface area contributed by atoms with Crippen LogP contribution in [0.4, 0.5) is 0 Å². The molecule has 9 heteroatoms. The highest BCUT2D eigenvalue weighted by Crippen LogP contribution is 2.31. The topological polar surface area (TPSA) is 155 Å². The van der Waals surface area contributed by atoms with E-state index in [-0.39, 0.29) is 6.42 Å². The maximum absolute atomic E-state index is 12.2. The average molecular weight is 501 g/mol. The Morgan fingerprint density at radius 1 is 0.600 bits per heavy atom. The quantitative estimate of drug-likeness (QED) is 0.110. The van der Waals surface area contributed by atoms with Crippen LogP contribution in [0.15, 0.2) is 0 Å². The van der Waals surface area contributed by atoms with Crippen LogP contribution < -0.4 is 0 Å². The van der Waals surface area contributed by atoms with Crippen molar-refractivity contribution in [3.8, 4) is 0 Å². The number of Topliss-reactive ketones (excluding diaryl/α,β-unsaturated/α-hetero) is 2. The summed E-state index contributed by atoms with van der Waals surface area (Å²) in [6, 6.07) is 0. The summed E-state index contributed by atoms with van der Waals surface area (Å²) in [5, 5.41) is 29.1. The molecule has 2 unspecified atom stereocenters. The zero-order chi connectivity index (χ0) is 26.9. The fourth-order valence-corrected chi connectivity index (χ4v) is 4.16. The van der Waals surface area contributed by atoms with Crippen molar-refractivity contribution >= 4 is 29.5 Å². The first-order chi connectivity index (χ1) is 16.5. The number of carbonyl (C=O) groups is 5. The third-order valence-electron chi connectivity index (χ3n) is 6.38. The van der Waals surface area contributed by atoms with Crippen molar-refractivity contribution < 1.29 is 44.0 Å². The Bertz CT molecular complexity index is 671. The molecule has 0 amide bonds. The molecule has 0 spiro atoms. The fourth-order valence-electron chi connectivity index (χ4n) is 4.16. The molecule has 202 valence electrons. The predicted octanol–water partition coefficient (Wildman–Crippen LogP) is 4.61. The maximum Gasteiger partial charge on any atom is 0.360 e. The largest absolute Gasteiger partial charge is 0.479 e. The molecule has 0 aliphatic rings. The summed E-state index contributed by atoms with van der Waals surface area (Å²) in [6.45, 7) is 3.47. The number of unbranched alkanes of at least 4 members (excludes halogenated alkanes) is 14. The van der Waals surface area contributed by atoms with Gasteiger partial charge < -0.3 is 20.1 Å². The van der Waals surface area contributed by atoms with Gasteiger partial charge >= 0.3 is 23.5 Å². The summed E-state index contributed by atoms with van der Waals surface area (Å²) >= 11 is 0. The van der Waals surface area contributed by atoms with Gasteiger partial charge in [0.05, 0.1) is 0 Å². The van der Waals surface area contributed by atoms with Crippen LogP contribution in [0.25, 0.3) is 0 Å². The van der Waals surface area contributed by atoms with Crippen LogP contribution in [0.3, 0.4) is 0 Å². The SMILES string of the molecule is CCCCCCCCCCCCCCCCCC(=O)OC(C(C)=O)(C(=O)O)C(O)(C(C)=O)C(=O)O. The lowest BCUT2D eigenvalue weighted by molar-refractivity contribution is -0.216. The van der Waals surface area contributed by atoms with Crippen LogP contribution >= 0.6 is 0 Å². The standard InChI is InChI=1S/C26H44O9/c1-4-5-6-7-8-9-10-11-12-13-14-15-16-17-18-19-22(29)35-26(21(3)28,24(32)33)25(34,20(2)27)23(30)31/h34H,4-19H2,1-3H3,(H,30,31)(H,32,33). The van der Waals surface area contributed by atoms with Gasteiger partial charge in [-0.15, -0.1) is 0 Å². The van der Waals surface area contributed by atoms with Gasteiger partial charge in [0.1, 0.15) is 0 Å². The molecule has 0 heterocycles. The number of hydrogen-bond donors (Lipinski definition) is 3. The highest BCUT2D eigenvalue weighted by Gasteiger charge is 2.71. The van der Waals surface area contributed by atoms with E-state index in [9.17, 15) is 39.3 Å². The van der Waals surface area contributed by atoms with Crippen LogP contribution in [0.1, 0.15) is 124 Å². The first kappa shape index (κ1) is 32.7. The Hall–Kier alpha value is -2.29. The third kappa shape index (κ3) is 10.1. The minimum Gasteiger partial charge on any atom is -0.479 e. The Morgan fingerprint density at radius 2 is 0.971 bits per heavy atom. The number of ether oxygens (including phenoxy) is 1. The summed E-state index contributed by atoms with van der Waals surface area (Å²) in [4.78, 5) is 59.5. The van der Waals surface area contributed by atoms with E-state index < -0.39 is 40.7 Å². The van der Waals surface area contributed by atoms with Gasteiger partial charge in [-0.1, -0.05) is 96.8 Å². The summed E-state index contributed by atoms with van der Waals surface area (Å²) in [5.74, 6) is -8.70. The first-order valence-corrected chi connectivity index (χ1v) is 12.9. The number of carboxylic acids is 2. The van der Waals surface area contributed by atoms with Gasteiger partial charge in [0, 0.05) is 6.42 Å². The molecule has 35 heavy (non-hydrogen) atoms. The van der Waals surface area contributed by atoms with Gasteiger partial charge in [0.2, 0.25) is 0 Å². The van der Waals surface area contributed by atoms with Crippen molar-refractivity contribution in [2.24, 2.45) is 0 Å². The molecule has 0 fully saturated rings. The Morgan fingerprint density at radius 3 is 1.26 bits per heavy atom. The van der Waals surface area contributed by atoms with Crippen molar-refractivity contribution in [2.45, 2.75) is 135 Å². The molecule has 2 atom stereocenters. The second-order valence-electron chi connectivity index (χ2n) is 9.29. The van der Waals surface area contributed by atoms with Crippen LogP contribution in [-0.2, 0) is 28.7 Å². The second kappa shape index (κ2) is 17.2. The molecule has 0 rings (SSSR count). The molecule has 0 saturated carbocycles. The number of esters is 1. The highest BCUT2D eigenvalue weighted by molar-refractivity contribution is 6.21. The number of ketones is 2. The predicted molar refractivity (Wildman–Crippen MR) is 130 cm³/mol. The summed E-state index contributed by atoms with van der Waals surface area (Å²) in [5.41, 5.74) is -7.30. The molecule has 9 nitrogen and oxygen atoms in total. The van der Waals surface area contributed by atoms with Crippen molar-refractivity contribution in [3.63, 3.8) is 0 Å². The smallest absolute Gasteiger partial charge is 0.360 e. The number of aliphatic carboxylic acids is 2. The van der Waals surface area contributed by atoms with Crippen LogP contribution in [0.2, 0.25) is 0 Å². The molecule has 0 aliphatic carbocycles. The number of carbonyl (C=O) groups excluding carboxylic acids is 3. The molecular weight excluding hydrogens is 456 g/mol. The van der Waals surface area contributed by atoms with Crippen LogP contribution in [0, 0.1) is 0 Å². The summed E-state index contributed by atoms with van der Waals surface area (Å²) in [7, 11) is 0. The van der Waals surface area contributed by atoms with Gasteiger partial charge in [0.25, 0.3) is 5.60 Å². The van der Waals surface area contributed by atoms with Crippen molar-refractivity contribution in [1.82, 2.24) is 0 Å². The first-order valence-electron chi connectivity index (χ1n) is 12.9. The molecular formula is C26H44O9. The number of hydrogen-bond acceptors (Lipinski definition) is 7. The normalized spacial score (nSPS) is 14.5. The van der Waals surface area contributed by atoms with Crippen molar-refractivity contribution in [2.75, 3.05) is 0 Å². The molecule has 0 aliphatic heterocycles. The zero-order valence-electron chi connectivity index (χ0n) is 21.6. The van der Waals surface area contributed by atoms with Gasteiger partial charge in [-0.3, -0.25) is 14.4 Å². The molecule has 0 aromatic carbocycles. The minimum atomic E-state index is -3.74. The molecule has 0 saturated heterocycles. The second-order valence-corrected chi connectivity index (χ2v) is 9.29. The van der Waals surface area contributed by atoms with E-state index >= 15 is 0 Å². The molecule has 0 bridgehead atoms. The van der Waals surface area contributed by atoms with Gasteiger partial charge in [-0.05, 0) is 20.3 Å². The average Bonchev–Trinajstić information content (AvgIpc) is 2.78.